The van der Waals surface area contributed by atoms with Crippen LogP contribution in [-0.2, 0) is 0 Å². The molecule has 0 amide bonds. The van der Waals surface area contributed by atoms with E-state index in [1.807, 2.05) is 0 Å². The molecule has 0 spiro atoms. The van der Waals surface area contributed by atoms with Crippen LogP contribution < -0.4 is 0 Å². The molecule has 0 saturated heterocycles. The summed E-state index contributed by atoms with van der Waals surface area (Å²) in [5.41, 5.74) is 0. The molecule has 0 unspecified atom stereocenters. The van der Waals surface area contributed by atoms with Gasteiger partial charge in [0.2, 0.25) is 0 Å². The number of rotatable bonds is 2. The SMILES string of the molecule is C1CCCCC(CC2CCCC2)CCC1. The van der Waals surface area contributed by atoms with E-state index in [1.54, 1.807) is 32.1 Å². The third kappa shape index (κ3) is 4.17. The van der Waals surface area contributed by atoms with E-state index < -0.39 is 0 Å². The van der Waals surface area contributed by atoms with Gasteiger partial charge in [-0.1, -0.05) is 77.0 Å². The average Bonchev–Trinajstić information content (AvgIpc) is 2.75. The Morgan fingerprint density at radius 2 is 0.800 bits per heavy atom. The van der Waals surface area contributed by atoms with Crippen molar-refractivity contribution in [1.29, 1.82) is 0 Å². The van der Waals surface area contributed by atoms with Gasteiger partial charge in [0.1, 0.15) is 0 Å². The summed E-state index contributed by atoms with van der Waals surface area (Å²) in [7, 11) is 0. The molecule has 2 aliphatic rings. The highest BCUT2D eigenvalue weighted by molar-refractivity contribution is 4.72. The lowest BCUT2D eigenvalue weighted by Crippen LogP contribution is -2.06. The first-order valence-corrected chi connectivity index (χ1v) is 7.45. The summed E-state index contributed by atoms with van der Waals surface area (Å²) in [5, 5.41) is 0. The second kappa shape index (κ2) is 6.55. The van der Waals surface area contributed by atoms with Crippen molar-refractivity contribution in [3.05, 3.63) is 0 Å². The summed E-state index contributed by atoms with van der Waals surface area (Å²) in [6, 6.07) is 0. The molecule has 0 bridgehead atoms. The van der Waals surface area contributed by atoms with Crippen LogP contribution >= 0.6 is 0 Å². The standard InChI is InChI=1S/C15H28/c1-2-4-6-10-14(9-5-3-1)13-15-11-7-8-12-15/h14-15H,1-13H2. The maximum absolute atomic E-state index is 1.58. The Balaban J connectivity index is 1.72. The normalized spacial score (nSPS) is 27.2. The van der Waals surface area contributed by atoms with Crippen molar-refractivity contribution < 1.29 is 0 Å². The number of hydrogen-bond acceptors (Lipinski definition) is 0. The maximum atomic E-state index is 1.58. The Bertz CT molecular complexity index is 145. The molecular formula is C15H28. The highest BCUT2D eigenvalue weighted by Crippen LogP contribution is 2.34. The molecule has 2 rings (SSSR count). The summed E-state index contributed by atoms with van der Waals surface area (Å²) in [6.45, 7) is 0. The van der Waals surface area contributed by atoms with Gasteiger partial charge in [-0.25, -0.2) is 0 Å². The molecule has 2 saturated carbocycles. The predicted octanol–water partition coefficient (Wildman–Crippen LogP) is 5.32. The van der Waals surface area contributed by atoms with Crippen LogP contribution in [0.2, 0.25) is 0 Å². The third-order valence-corrected chi connectivity index (χ3v) is 4.62. The Kier molecular flexibility index (Phi) is 5.02. The molecule has 0 radical (unpaired) electrons. The molecule has 0 nitrogen and oxygen atoms in total. The summed E-state index contributed by atoms with van der Waals surface area (Å²) < 4.78 is 0. The van der Waals surface area contributed by atoms with Gasteiger partial charge in [0, 0.05) is 0 Å². The Morgan fingerprint density at radius 3 is 1.27 bits per heavy atom. The zero-order chi connectivity index (χ0) is 10.3. The van der Waals surface area contributed by atoms with Crippen LogP contribution in [0.4, 0.5) is 0 Å². The van der Waals surface area contributed by atoms with Gasteiger partial charge < -0.3 is 0 Å². The molecule has 2 fully saturated rings. The maximum Gasteiger partial charge on any atom is -0.0412 e. The van der Waals surface area contributed by atoms with E-state index in [9.17, 15) is 0 Å². The molecule has 0 aromatic heterocycles. The van der Waals surface area contributed by atoms with E-state index >= 15 is 0 Å². The average molecular weight is 208 g/mol. The molecule has 0 heterocycles. The molecular weight excluding hydrogens is 180 g/mol. The molecule has 0 aromatic rings. The first-order valence-electron chi connectivity index (χ1n) is 7.45. The quantitative estimate of drug-likeness (QED) is 0.576. The molecule has 88 valence electrons. The first-order chi connectivity index (χ1) is 7.45. The molecule has 0 atom stereocenters. The molecule has 15 heavy (non-hydrogen) atoms. The van der Waals surface area contributed by atoms with Crippen LogP contribution in [-0.4, -0.2) is 0 Å². The Hall–Kier alpha value is 0. The van der Waals surface area contributed by atoms with Crippen molar-refractivity contribution in [3.63, 3.8) is 0 Å². The van der Waals surface area contributed by atoms with Gasteiger partial charge in [0.15, 0.2) is 0 Å². The van der Waals surface area contributed by atoms with Gasteiger partial charge in [0.25, 0.3) is 0 Å². The van der Waals surface area contributed by atoms with Crippen LogP contribution in [0.3, 0.4) is 0 Å². The zero-order valence-electron chi connectivity index (χ0n) is 10.3. The van der Waals surface area contributed by atoms with Gasteiger partial charge in [-0.3, -0.25) is 0 Å². The predicted molar refractivity (Wildman–Crippen MR) is 67.0 cm³/mol. The van der Waals surface area contributed by atoms with Crippen LogP contribution in [0.5, 0.6) is 0 Å². The summed E-state index contributed by atoms with van der Waals surface area (Å²) in [5.74, 6) is 2.22. The second-order valence-electron chi connectivity index (χ2n) is 5.95. The minimum atomic E-state index is 1.10. The number of hydrogen-bond donors (Lipinski definition) is 0. The van der Waals surface area contributed by atoms with Crippen LogP contribution in [0.25, 0.3) is 0 Å². The summed E-state index contributed by atoms with van der Waals surface area (Å²) >= 11 is 0. The van der Waals surface area contributed by atoms with Crippen molar-refractivity contribution in [1.82, 2.24) is 0 Å². The minimum Gasteiger partial charge on any atom is -0.0533 e. The molecule has 0 heteroatoms. The van der Waals surface area contributed by atoms with Gasteiger partial charge in [0.05, 0.1) is 0 Å². The zero-order valence-corrected chi connectivity index (χ0v) is 10.3. The monoisotopic (exact) mass is 208 g/mol. The molecule has 0 aromatic carbocycles. The smallest absolute Gasteiger partial charge is 0.0412 e. The van der Waals surface area contributed by atoms with Crippen molar-refractivity contribution in [3.8, 4) is 0 Å². The topological polar surface area (TPSA) is 0 Å². The summed E-state index contributed by atoms with van der Waals surface area (Å²) in [6.07, 6.45) is 19.9. The van der Waals surface area contributed by atoms with Crippen molar-refractivity contribution >= 4 is 0 Å². The fourth-order valence-corrected chi connectivity index (χ4v) is 3.67. The van der Waals surface area contributed by atoms with Gasteiger partial charge in [-0.15, -0.1) is 0 Å². The van der Waals surface area contributed by atoms with Gasteiger partial charge in [-0.05, 0) is 18.3 Å². The van der Waals surface area contributed by atoms with Crippen molar-refractivity contribution in [2.75, 3.05) is 0 Å². The lowest BCUT2D eigenvalue weighted by molar-refractivity contribution is 0.328. The molecule has 2 aliphatic carbocycles. The fourth-order valence-electron chi connectivity index (χ4n) is 3.67. The largest absolute Gasteiger partial charge is 0.0533 e. The molecule has 0 aliphatic heterocycles. The van der Waals surface area contributed by atoms with E-state index in [2.05, 4.69) is 0 Å². The van der Waals surface area contributed by atoms with E-state index in [0.29, 0.717) is 0 Å². The van der Waals surface area contributed by atoms with Crippen LogP contribution in [0.15, 0.2) is 0 Å². The lowest BCUT2D eigenvalue weighted by atomic mass is 9.86. The van der Waals surface area contributed by atoms with E-state index in [-0.39, 0.29) is 0 Å². The van der Waals surface area contributed by atoms with Crippen LogP contribution in [0.1, 0.15) is 83.5 Å². The van der Waals surface area contributed by atoms with E-state index in [0.717, 1.165) is 11.8 Å². The minimum absolute atomic E-state index is 1.10. The van der Waals surface area contributed by atoms with E-state index in [1.165, 1.54) is 51.4 Å². The van der Waals surface area contributed by atoms with Gasteiger partial charge in [-0.2, -0.15) is 0 Å². The highest BCUT2D eigenvalue weighted by Gasteiger charge is 2.20. The first kappa shape index (κ1) is 11.5. The Labute approximate surface area is 95.8 Å². The third-order valence-electron chi connectivity index (χ3n) is 4.62. The lowest BCUT2D eigenvalue weighted by Gasteiger charge is -2.19. The van der Waals surface area contributed by atoms with Crippen LogP contribution in [0, 0.1) is 11.8 Å². The Morgan fingerprint density at radius 1 is 0.467 bits per heavy atom. The van der Waals surface area contributed by atoms with Gasteiger partial charge >= 0.3 is 0 Å². The fraction of sp³-hybridized carbons (Fsp3) is 1.00. The second-order valence-corrected chi connectivity index (χ2v) is 5.95. The van der Waals surface area contributed by atoms with Crippen molar-refractivity contribution in [2.24, 2.45) is 11.8 Å². The molecule has 0 N–H and O–H groups in total. The highest BCUT2D eigenvalue weighted by atomic mass is 14.3. The van der Waals surface area contributed by atoms with E-state index in [4.69, 9.17) is 0 Å². The van der Waals surface area contributed by atoms with Crippen molar-refractivity contribution in [2.45, 2.75) is 83.5 Å². The summed E-state index contributed by atoms with van der Waals surface area (Å²) in [4.78, 5) is 0.